The minimum atomic E-state index is -0.473. The van der Waals surface area contributed by atoms with E-state index in [0.29, 0.717) is 101 Å². The van der Waals surface area contributed by atoms with E-state index in [1.54, 1.807) is 0 Å². The van der Waals surface area contributed by atoms with E-state index < -0.39 is 24.4 Å². The lowest BCUT2D eigenvalue weighted by atomic mass is 9.76. The van der Waals surface area contributed by atoms with Crippen molar-refractivity contribution in [2.24, 2.45) is 23.7 Å². The number of hydrogen-bond acceptors (Lipinski definition) is 18. The van der Waals surface area contributed by atoms with Crippen LogP contribution in [-0.2, 0) is 57.0 Å². The van der Waals surface area contributed by atoms with Gasteiger partial charge in [0.05, 0.1) is 13.2 Å². The van der Waals surface area contributed by atoms with Gasteiger partial charge in [-0.15, -0.1) is 0 Å². The second kappa shape index (κ2) is 56.1. The fourth-order valence-corrected chi connectivity index (χ4v) is 15.6. The van der Waals surface area contributed by atoms with Crippen LogP contribution in [-0.4, -0.2) is 200 Å². The minimum Gasteiger partial charge on any atom is -0.462 e. The van der Waals surface area contributed by atoms with Crippen LogP contribution in [0, 0.1) is 23.7 Å². The highest BCUT2D eigenvalue weighted by Gasteiger charge is 2.36. The van der Waals surface area contributed by atoms with Gasteiger partial charge in [-0.3, -0.25) is 19.4 Å². The van der Waals surface area contributed by atoms with Gasteiger partial charge in [-0.2, -0.15) is 0 Å². The van der Waals surface area contributed by atoms with Gasteiger partial charge in [-0.1, -0.05) is 90.9 Å². The van der Waals surface area contributed by atoms with Gasteiger partial charge in [-0.25, -0.2) is 19.2 Å². The van der Waals surface area contributed by atoms with Gasteiger partial charge in [0.15, 0.2) is 12.2 Å². The Kier molecular flexibility index (Phi) is 47.8. The Balaban J connectivity index is 0.618. The van der Waals surface area contributed by atoms with Crippen molar-refractivity contribution in [1.29, 1.82) is 0 Å². The molecule has 4 saturated carbocycles. The zero-order valence-electron chi connectivity index (χ0n) is 65.8. The number of hydrogen-bond donors (Lipinski definition) is 4. The fourth-order valence-electron chi connectivity index (χ4n) is 15.6. The highest BCUT2D eigenvalue weighted by atomic mass is 16.6. The molecular formula is C82H148N6O16. The van der Waals surface area contributed by atoms with Crippen LogP contribution < -0.4 is 21.3 Å². The second-order valence-corrected chi connectivity index (χ2v) is 31.9. The topological polar surface area (TPSA) is 249 Å². The van der Waals surface area contributed by atoms with Gasteiger partial charge >= 0.3 is 36.3 Å². The number of nitrogens with zero attached hydrogens (tertiary/aromatic N) is 2. The lowest BCUT2D eigenvalue weighted by Crippen LogP contribution is -2.42. The van der Waals surface area contributed by atoms with Crippen LogP contribution in [0.15, 0.2) is 0 Å². The number of unbranched alkanes of at least 4 members (excludes halogenated alkanes) is 17. The predicted molar refractivity (Wildman–Crippen MR) is 407 cm³/mol. The first kappa shape index (κ1) is 88.7. The van der Waals surface area contributed by atoms with Crippen molar-refractivity contribution in [2.75, 3.05) is 105 Å². The molecule has 6 rings (SSSR count). The van der Waals surface area contributed by atoms with E-state index >= 15 is 0 Å². The molecule has 4 aliphatic carbocycles. The van der Waals surface area contributed by atoms with Gasteiger partial charge in [0, 0.05) is 128 Å². The maximum Gasteiger partial charge on any atom is 0.407 e. The summed E-state index contributed by atoms with van der Waals surface area (Å²) in [5, 5.41) is 12.5. The zero-order valence-corrected chi connectivity index (χ0v) is 65.8. The summed E-state index contributed by atoms with van der Waals surface area (Å²) >= 11 is 0. The first-order valence-corrected chi connectivity index (χ1v) is 42.7. The summed E-state index contributed by atoms with van der Waals surface area (Å²) < 4.78 is 57.2. The standard InChI is InChI=1S/C82H148N6O16/c1-5-7-9-11-13-15-17-29-77(89)101-63-75(61-87-59-65(87)3)103-81(93)85-73-43-35-69(36-44-73)57-67-31-39-71(40-32-67)83-79(91)99-55-27-25-53-97-51-23-21-49-95-47-19-20-48-96-50-22-24-52-98-54-26-28-56-100-80(92)84-72-41-33-68(34-42-72)58-70-37-45-74(46-38-70)86-82(94)104-76(62-88-60-66(88)4)64-102-78(90)30-18-16-14-12-10-8-6-2/h65-76H,5-64H2,1-4H3,(H,83,91)(H,84,92)(H,85,93)(H,86,94). The Bertz CT molecular complexity index is 2090. The molecule has 0 aromatic carbocycles. The summed E-state index contributed by atoms with van der Waals surface area (Å²) in [6.45, 7) is 18.5. The van der Waals surface area contributed by atoms with Crippen LogP contribution in [0.25, 0.3) is 0 Å². The van der Waals surface area contributed by atoms with E-state index in [1.807, 2.05) is 0 Å². The third kappa shape index (κ3) is 43.7. The molecule has 104 heavy (non-hydrogen) atoms. The van der Waals surface area contributed by atoms with Crippen LogP contribution >= 0.6 is 0 Å². The molecule has 6 unspecified atom stereocenters. The van der Waals surface area contributed by atoms with Gasteiger partial charge in [0.25, 0.3) is 0 Å². The Labute approximate surface area is 628 Å². The normalized spacial score (nSPS) is 25.0. The van der Waals surface area contributed by atoms with E-state index in [1.165, 1.54) is 64.2 Å². The summed E-state index contributed by atoms with van der Waals surface area (Å²) in [6, 6.07) is 1.47. The molecule has 6 aliphatic rings. The van der Waals surface area contributed by atoms with Gasteiger partial charge in [0.1, 0.15) is 13.2 Å². The molecule has 602 valence electrons. The summed E-state index contributed by atoms with van der Waals surface area (Å²) in [4.78, 5) is 80.6. The SMILES string of the molecule is CCCCCCCCCC(=O)OCC(CN1CC1C)OC(=O)NC1CCC(CC2CCC(NC(=O)OCCCCOCCCCOCCCCOCCCCOCCCCOC(=O)NC3CCC(CC4CCC(NC(=O)OC(COC(=O)CCCCCCCCC)CN5CC5C)CC4)CC3)CC2)CC1. The van der Waals surface area contributed by atoms with E-state index in [9.17, 15) is 28.8 Å². The highest BCUT2D eigenvalue weighted by molar-refractivity contribution is 5.71. The van der Waals surface area contributed by atoms with Gasteiger partial charge in [-0.05, 0) is 230 Å². The summed E-state index contributed by atoms with van der Waals surface area (Å²) in [7, 11) is 0. The molecule has 0 bridgehead atoms. The predicted octanol–water partition coefficient (Wildman–Crippen LogP) is 16.4. The average Bonchev–Trinajstić information content (AvgIpc) is 1.66. The van der Waals surface area contributed by atoms with E-state index in [4.69, 9.17) is 47.4 Å². The van der Waals surface area contributed by atoms with E-state index in [2.05, 4.69) is 58.8 Å². The quantitative estimate of drug-likeness (QED) is 0.0191. The molecule has 22 nitrogen and oxygen atoms in total. The third-order valence-corrected chi connectivity index (χ3v) is 22.6. The average molecular weight is 1470 g/mol. The summed E-state index contributed by atoms with van der Waals surface area (Å²) in [5.41, 5.74) is 0. The van der Waals surface area contributed by atoms with E-state index in [0.717, 1.165) is 245 Å². The third-order valence-electron chi connectivity index (χ3n) is 22.6. The number of carbonyl (C=O) groups excluding carboxylic acids is 6. The molecule has 4 N–H and O–H groups in total. The molecule has 0 radical (unpaired) electrons. The van der Waals surface area contributed by atoms with Gasteiger partial charge in [0.2, 0.25) is 0 Å². The van der Waals surface area contributed by atoms with Gasteiger partial charge < -0.3 is 68.6 Å². The Morgan fingerprint density at radius 3 is 0.837 bits per heavy atom. The lowest BCUT2D eigenvalue weighted by Gasteiger charge is -2.34. The molecule has 4 amide bonds. The Morgan fingerprint density at radius 1 is 0.317 bits per heavy atom. The lowest BCUT2D eigenvalue weighted by molar-refractivity contribution is -0.147. The number of carbonyl (C=O) groups is 6. The first-order chi connectivity index (χ1) is 50.8. The molecule has 2 heterocycles. The summed E-state index contributed by atoms with van der Waals surface area (Å²) in [5.74, 6) is 2.24. The van der Waals surface area contributed by atoms with E-state index in [-0.39, 0.29) is 61.5 Å². The van der Waals surface area contributed by atoms with Crippen molar-refractivity contribution in [3.63, 3.8) is 0 Å². The maximum atomic E-state index is 13.0. The number of rotatable bonds is 59. The highest BCUT2D eigenvalue weighted by Crippen LogP contribution is 2.37. The molecule has 6 atom stereocenters. The smallest absolute Gasteiger partial charge is 0.407 e. The fraction of sp³-hybridized carbons (Fsp3) is 0.927. The maximum absolute atomic E-state index is 13.0. The number of alkyl carbamates (subject to hydrolysis) is 4. The molecule has 2 aliphatic heterocycles. The van der Waals surface area contributed by atoms with Crippen molar-refractivity contribution >= 4 is 36.3 Å². The van der Waals surface area contributed by atoms with Crippen molar-refractivity contribution < 1.29 is 76.1 Å². The molecule has 0 aromatic rings. The van der Waals surface area contributed by atoms with Crippen LogP contribution in [0.1, 0.15) is 310 Å². The molecule has 0 spiro atoms. The number of ether oxygens (including phenoxy) is 10. The molecular weight excluding hydrogens is 1320 g/mol. The second-order valence-electron chi connectivity index (χ2n) is 31.9. The molecule has 6 fully saturated rings. The van der Waals surface area contributed by atoms with Crippen LogP contribution in [0.5, 0.6) is 0 Å². The first-order valence-electron chi connectivity index (χ1n) is 42.7. The number of esters is 2. The van der Waals surface area contributed by atoms with Crippen molar-refractivity contribution in [2.45, 2.75) is 359 Å². The van der Waals surface area contributed by atoms with Crippen molar-refractivity contribution in [1.82, 2.24) is 31.1 Å². The zero-order chi connectivity index (χ0) is 73.9. The molecule has 2 saturated heterocycles. The Morgan fingerprint density at radius 2 is 0.567 bits per heavy atom. The van der Waals surface area contributed by atoms with Crippen LogP contribution in [0.2, 0.25) is 0 Å². The minimum absolute atomic E-state index is 0.103. The Hall–Kier alpha value is -4.22. The summed E-state index contributed by atoms with van der Waals surface area (Å²) in [6.07, 6.45) is 42.6. The molecule has 0 aromatic heterocycles. The van der Waals surface area contributed by atoms with Crippen LogP contribution in [0.4, 0.5) is 19.2 Å². The van der Waals surface area contributed by atoms with Crippen molar-refractivity contribution in [3.05, 3.63) is 0 Å². The number of nitrogens with one attached hydrogen (secondary N) is 4. The largest absolute Gasteiger partial charge is 0.462 e. The van der Waals surface area contributed by atoms with Crippen molar-refractivity contribution in [3.8, 4) is 0 Å². The number of amides is 4. The van der Waals surface area contributed by atoms with Crippen LogP contribution in [0.3, 0.4) is 0 Å². The monoisotopic (exact) mass is 1470 g/mol. The molecule has 22 heteroatoms.